The van der Waals surface area contributed by atoms with E-state index in [0.717, 1.165) is 17.7 Å². The molecule has 2 rings (SSSR count). The molecule has 0 radical (unpaired) electrons. The summed E-state index contributed by atoms with van der Waals surface area (Å²) in [6, 6.07) is 8.00. The van der Waals surface area contributed by atoms with Crippen molar-refractivity contribution in [2.24, 2.45) is 0 Å². The Kier molecular flexibility index (Phi) is 4.78. The minimum Gasteiger partial charge on any atom is -0.420 e. The Labute approximate surface area is 110 Å². The maximum Gasteiger partial charge on any atom is 0.247 e. The Hall–Kier alpha value is -1.33. The SMILES string of the molecule is Cc1cccc(-c2nnc(CSCCCO)o2)c1. The van der Waals surface area contributed by atoms with Crippen molar-refractivity contribution >= 4 is 11.8 Å². The van der Waals surface area contributed by atoms with E-state index in [9.17, 15) is 0 Å². The van der Waals surface area contributed by atoms with E-state index >= 15 is 0 Å². The number of hydrogen-bond acceptors (Lipinski definition) is 5. The fourth-order valence-electron chi connectivity index (χ4n) is 1.53. The molecule has 4 nitrogen and oxygen atoms in total. The first-order valence-corrected chi connectivity index (χ1v) is 7.03. The summed E-state index contributed by atoms with van der Waals surface area (Å²) in [5, 5.41) is 16.7. The highest BCUT2D eigenvalue weighted by Crippen LogP contribution is 2.20. The van der Waals surface area contributed by atoms with Gasteiger partial charge in [-0.25, -0.2) is 0 Å². The number of aliphatic hydroxyl groups excluding tert-OH is 1. The van der Waals surface area contributed by atoms with Gasteiger partial charge in [-0.3, -0.25) is 0 Å². The molecule has 1 aromatic heterocycles. The zero-order valence-electron chi connectivity index (χ0n) is 10.3. The first-order valence-electron chi connectivity index (χ1n) is 5.87. The smallest absolute Gasteiger partial charge is 0.247 e. The van der Waals surface area contributed by atoms with Crippen LogP contribution in [-0.4, -0.2) is 27.7 Å². The molecule has 18 heavy (non-hydrogen) atoms. The Balaban J connectivity index is 1.97. The molecule has 1 heterocycles. The molecule has 1 N–H and O–H groups in total. The van der Waals surface area contributed by atoms with E-state index in [1.807, 2.05) is 31.2 Å². The third-order valence-electron chi connectivity index (χ3n) is 2.40. The summed E-state index contributed by atoms with van der Waals surface area (Å²) in [5.74, 6) is 2.79. The molecule has 0 aliphatic heterocycles. The standard InChI is InChI=1S/C13H16N2O2S/c1-10-4-2-5-11(8-10)13-15-14-12(17-13)9-18-7-3-6-16/h2,4-5,8,16H,3,6-7,9H2,1H3. The Morgan fingerprint density at radius 1 is 1.33 bits per heavy atom. The van der Waals surface area contributed by atoms with Crippen molar-refractivity contribution in [3.63, 3.8) is 0 Å². The van der Waals surface area contributed by atoms with Crippen LogP contribution in [0.2, 0.25) is 0 Å². The molecule has 0 atom stereocenters. The highest BCUT2D eigenvalue weighted by molar-refractivity contribution is 7.98. The second-order valence-electron chi connectivity index (χ2n) is 4.00. The number of aromatic nitrogens is 2. The van der Waals surface area contributed by atoms with Gasteiger partial charge in [0.05, 0.1) is 5.75 Å². The average Bonchev–Trinajstić information content (AvgIpc) is 2.83. The van der Waals surface area contributed by atoms with E-state index in [-0.39, 0.29) is 6.61 Å². The largest absolute Gasteiger partial charge is 0.420 e. The number of benzene rings is 1. The average molecular weight is 264 g/mol. The third-order valence-corrected chi connectivity index (χ3v) is 3.43. The lowest BCUT2D eigenvalue weighted by Gasteiger charge is -1.96. The predicted octanol–water partition coefficient (Wildman–Crippen LogP) is 2.66. The van der Waals surface area contributed by atoms with Gasteiger partial charge >= 0.3 is 0 Å². The van der Waals surface area contributed by atoms with Crippen LogP contribution < -0.4 is 0 Å². The molecule has 0 fully saturated rings. The number of hydrogen-bond donors (Lipinski definition) is 1. The van der Waals surface area contributed by atoms with Gasteiger partial charge in [-0.05, 0) is 31.2 Å². The van der Waals surface area contributed by atoms with Crippen LogP contribution in [0.15, 0.2) is 28.7 Å². The summed E-state index contributed by atoms with van der Waals surface area (Å²) in [4.78, 5) is 0. The second-order valence-corrected chi connectivity index (χ2v) is 5.11. The van der Waals surface area contributed by atoms with Crippen LogP contribution in [0.3, 0.4) is 0 Å². The van der Waals surface area contributed by atoms with Gasteiger partial charge in [0.1, 0.15) is 0 Å². The van der Waals surface area contributed by atoms with Gasteiger partial charge < -0.3 is 9.52 Å². The Morgan fingerprint density at radius 3 is 3.00 bits per heavy atom. The number of aryl methyl sites for hydroxylation is 1. The lowest BCUT2D eigenvalue weighted by molar-refractivity contribution is 0.296. The molecule has 0 saturated carbocycles. The van der Waals surface area contributed by atoms with Crippen LogP contribution in [0, 0.1) is 6.92 Å². The van der Waals surface area contributed by atoms with Gasteiger partial charge in [0, 0.05) is 12.2 Å². The van der Waals surface area contributed by atoms with Crippen LogP contribution in [0.4, 0.5) is 0 Å². The van der Waals surface area contributed by atoms with E-state index in [1.165, 1.54) is 5.56 Å². The lowest BCUT2D eigenvalue weighted by atomic mass is 10.1. The van der Waals surface area contributed by atoms with Gasteiger partial charge in [-0.15, -0.1) is 10.2 Å². The molecule has 0 aliphatic carbocycles. The fraction of sp³-hybridized carbons (Fsp3) is 0.385. The summed E-state index contributed by atoms with van der Waals surface area (Å²) < 4.78 is 5.60. The van der Waals surface area contributed by atoms with Crippen LogP contribution >= 0.6 is 11.8 Å². The molecule has 0 bridgehead atoms. The third kappa shape index (κ3) is 3.58. The lowest BCUT2D eigenvalue weighted by Crippen LogP contribution is -1.87. The van der Waals surface area contributed by atoms with Gasteiger partial charge in [-0.1, -0.05) is 17.7 Å². The topological polar surface area (TPSA) is 59.2 Å². The van der Waals surface area contributed by atoms with Crippen molar-refractivity contribution in [2.45, 2.75) is 19.1 Å². The monoisotopic (exact) mass is 264 g/mol. The molecule has 0 aliphatic rings. The van der Waals surface area contributed by atoms with E-state index < -0.39 is 0 Å². The van der Waals surface area contributed by atoms with Crippen LogP contribution in [-0.2, 0) is 5.75 Å². The van der Waals surface area contributed by atoms with Gasteiger partial charge in [0.25, 0.3) is 0 Å². The molecule has 0 spiro atoms. The summed E-state index contributed by atoms with van der Waals surface area (Å²) >= 11 is 1.69. The maximum atomic E-state index is 8.68. The summed E-state index contributed by atoms with van der Waals surface area (Å²) in [6.45, 7) is 2.26. The van der Waals surface area contributed by atoms with Crippen LogP contribution in [0.1, 0.15) is 17.9 Å². The first kappa shape index (κ1) is 13.1. The first-order chi connectivity index (χ1) is 8.79. The Morgan fingerprint density at radius 2 is 2.22 bits per heavy atom. The number of rotatable bonds is 6. The summed E-state index contributed by atoms with van der Waals surface area (Å²) in [7, 11) is 0. The van der Waals surface area contributed by atoms with Gasteiger partial charge in [0.2, 0.25) is 11.8 Å². The number of nitrogens with zero attached hydrogens (tertiary/aromatic N) is 2. The Bertz CT molecular complexity index is 499. The highest BCUT2D eigenvalue weighted by Gasteiger charge is 2.08. The molecule has 1 aromatic carbocycles. The summed E-state index contributed by atoms with van der Waals surface area (Å²) in [5.41, 5.74) is 2.12. The molecular formula is C13H16N2O2S. The molecule has 96 valence electrons. The number of aliphatic hydroxyl groups is 1. The molecule has 0 amide bonds. The number of thioether (sulfide) groups is 1. The highest BCUT2D eigenvalue weighted by atomic mass is 32.2. The predicted molar refractivity (Wildman–Crippen MR) is 72.3 cm³/mol. The van der Waals surface area contributed by atoms with Crippen molar-refractivity contribution in [1.82, 2.24) is 10.2 Å². The van der Waals surface area contributed by atoms with E-state index in [0.29, 0.717) is 17.5 Å². The van der Waals surface area contributed by atoms with Crippen molar-refractivity contribution in [3.05, 3.63) is 35.7 Å². The molecule has 0 unspecified atom stereocenters. The van der Waals surface area contributed by atoms with E-state index in [2.05, 4.69) is 10.2 Å². The molecular weight excluding hydrogens is 248 g/mol. The zero-order chi connectivity index (χ0) is 12.8. The van der Waals surface area contributed by atoms with Crippen molar-refractivity contribution < 1.29 is 9.52 Å². The van der Waals surface area contributed by atoms with Crippen LogP contribution in [0.5, 0.6) is 0 Å². The van der Waals surface area contributed by atoms with Crippen molar-refractivity contribution in [3.8, 4) is 11.5 Å². The second kappa shape index (κ2) is 6.56. The van der Waals surface area contributed by atoms with E-state index in [1.54, 1.807) is 11.8 Å². The normalized spacial score (nSPS) is 10.8. The van der Waals surface area contributed by atoms with Gasteiger partial charge in [0.15, 0.2) is 0 Å². The minimum atomic E-state index is 0.228. The fourth-order valence-corrected chi connectivity index (χ4v) is 2.30. The van der Waals surface area contributed by atoms with Crippen molar-refractivity contribution in [1.29, 1.82) is 0 Å². The minimum absolute atomic E-state index is 0.228. The van der Waals surface area contributed by atoms with Crippen molar-refractivity contribution in [2.75, 3.05) is 12.4 Å². The van der Waals surface area contributed by atoms with Crippen LogP contribution in [0.25, 0.3) is 11.5 Å². The molecule has 2 aromatic rings. The quantitative estimate of drug-likeness (QED) is 0.813. The van der Waals surface area contributed by atoms with Gasteiger partial charge in [-0.2, -0.15) is 11.8 Å². The molecule has 0 saturated heterocycles. The zero-order valence-corrected chi connectivity index (χ0v) is 11.1. The maximum absolute atomic E-state index is 8.68. The molecule has 5 heteroatoms. The summed E-state index contributed by atoms with van der Waals surface area (Å²) in [6.07, 6.45) is 0.795. The van der Waals surface area contributed by atoms with E-state index in [4.69, 9.17) is 9.52 Å².